The molecule has 7 heteroatoms. The molecule has 0 saturated carbocycles. The number of hydrogen-bond donors (Lipinski definition) is 1. The molecule has 3 aromatic carbocycles. The lowest BCUT2D eigenvalue weighted by atomic mass is 9.80. The van der Waals surface area contributed by atoms with Gasteiger partial charge in [-0.2, -0.15) is 0 Å². The van der Waals surface area contributed by atoms with Gasteiger partial charge in [0.1, 0.15) is 5.75 Å². The van der Waals surface area contributed by atoms with Crippen LogP contribution in [0.25, 0.3) is 0 Å². The van der Waals surface area contributed by atoms with E-state index in [4.69, 9.17) is 4.74 Å². The molecule has 208 valence electrons. The predicted molar refractivity (Wildman–Crippen MR) is 159 cm³/mol. The first-order valence-corrected chi connectivity index (χ1v) is 15.9. The van der Waals surface area contributed by atoms with Crippen LogP contribution in [0, 0.1) is 5.92 Å². The fourth-order valence-electron chi connectivity index (χ4n) is 6.86. The number of sulfonamides is 1. The molecule has 0 spiro atoms. The number of piperidine rings is 1. The molecule has 2 aliphatic rings. The summed E-state index contributed by atoms with van der Waals surface area (Å²) in [6.45, 7) is 6.62. The van der Waals surface area contributed by atoms with Crippen molar-refractivity contribution in [1.29, 1.82) is 0 Å². The van der Waals surface area contributed by atoms with Crippen LogP contribution in [0.5, 0.6) is 5.75 Å². The summed E-state index contributed by atoms with van der Waals surface area (Å²) < 4.78 is 32.4. The van der Waals surface area contributed by atoms with Gasteiger partial charge in [-0.05, 0) is 68.5 Å². The zero-order valence-electron chi connectivity index (χ0n) is 23.5. The van der Waals surface area contributed by atoms with Crippen molar-refractivity contribution in [2.45, 2.75) is 57.3 Å². The Morgan fingerprint density at radius 2 is 1.64 bits per heavy atom. The minimum Gasteiger partial charge on any atom is -0.496 e. The van der Waals surface area contributed by atoms with Crippen molar-refractivity contribution < 1.29 is 13.2 Å². The second kappa shape index (κ2) is 11.7. The fourth-order valence-corrected chi connectivity index (χ4v) is 8.13. The Labute approximate surface area is 234 Å². The summed E-state index contributed by atoms with van der Waals surface area (Å²) in [7, 11) is -1.74. The standard InChI is InChI=1S/C32H41N3O3S/c1-23(2)35(39(4,36)37)28-17-18-29(38-3)27(20-28)21-33-31-26-16-11-19-34(22-26)32(31)30(24-12-7-5-8-13-24)25-14-9-6-10-15-25/h5-10,12-15,17-18,20,23,26,30-33H,11,16,19,21-22H2,1-4H3. The fraction of sp³-hybridized carbons (Fsp3) is 0.438. The number of benzene rings is 3. The van der Waals surface area contributed by atoms with Crippen molar-refractivity contribution in [3.8, 4) is 5.75 Å². The molecule has 6 nitrogen and oxygen atoms in total. The minimum absolute atomic E-state index is 0.182. The van der Waals surface area contributed by atoms with Crippen LogP contribution >= 0.6 is 0 Å². The molecule has 0 radical (unpaired) electrons. The van der Waals surface area contributed by atoms with E-state index in [1.54, 1.807) is 7.11 Å². The number of rotatable bonds is 10. The van der Waals surface area contributed by atoms with Crippen molar-refractivity contribution in [3.05, 3.63) is 95.6 Å². The average Bonchev–Trinajstić information content (AvgIpc) is 3.16. The molecule has 2 aliphatic heterocycles. The van der Waals surface area contributed by atoms with Crippen LogP contribution in [-0.4, -0.2) is 57.9 Å². The molecule has 2 bridgehead atoms. The number of hydrogen-bond acceptors (Lipinski definition) is 5. The molecule has 0 amide bonds. The second-order valence-corrected chi connectivity index (χ2v) is 13.1. The van der Waals surface area contributed by atoms with E-state index >= 15 is 0 Å². The van der Waals surface area contributed by atoms with Gasteiger partial charge < -0.3 is 10.1 Å². The van der Waals surface area contributed by atoms with Gasteiger partial charge in [-0.3, -0.25) is 9.21 Å². The first kappa shape index (κ1) is 27.7. The van der Waals surface area contributed by atoms with Crippen molar-refractivity contribution in [3.63, 3.8) is 0 Å². The molecule has 2 fully saturated rings. The Morgan fingerprint density at radius 3 is 2.21 bits per heavy atom. The lowest BCUT2D eigenvalue weighted by Crippen LogP contribution is -2.47. The summed E-state index contributed by atoms with van der Waals surface area (Å²) in [4.78, 5) is 2.69. The van der Waals surface area contributed by atoms with E-state index in [0.717, 1.165) is 24.4 Å². The number of ether oxygens (including phenoxy) is 1. The maximum atomic E-state index is 12.6. The van der Waals surface area contributed by atoms with Gasteiger partial charge >= 0.3 is 0 Å². The van der Waals surface area contributed by atoms with Crippen molar-refractivity contribution in [2.24, 2.45) is 5.92 Å². The largest absolute Gasteiger partial charge is 0.496 e. The van der Waals surface area contributed by atoms with E-state index in [0.29, 0.717) is 30.2 Å². The van der Waals surface area contributed by atoms with Crippen molar-refractivity contribution in [1.82, 2.24) is 10.2 Å². The van der Waals surface area contributed by atoms with Gasteiger partial charge in [0.05, 0.1) is 19.1 Å². The SMILES string of the molecule is COc1ccc(N(C(C)C)S(C)(=O)=O)cc1CNC1C2CCCN(C2)C1C(c1ccccc1)c1ccccc1. The van der Waals surface area contributed by atoms with E-state index in [9.17, 15) is 8.42 Å². The Morgan fingerprint density at radius 1 is 1.00 bits per heavy atom. The van der Waals surface area contributed by atoms with E-state index in [-0.39, 0.29) is 12.0 Å². The molecule has 5 rings (SSSR count). The van der Waals surface area contributed by atoms with E-state index < -0.39 is 10.0 Å². The van der Waals surface area contributed by atoms with Gasteiger partial charge in [0.2, 0.25) is 10.0 Å². The summed E-state index contributed by atoms with van der Waals surface area (Å²) in [5.74, 6) is 1.59. The summed E-state index contributed by atoms with van der Waals surface area (Å²) in [5, 5.41) is 3.96. The third-order valence-corrected chi connectivity index (χ3v) is 9.67. The van der Waals surface area contributed by atoms with Gasteiger partial charge in [-0.25, -0.2) is 8.42 Å². The van der Waals surface area contributed by atoms with Crippen LogP contribution < -0.4 is 14.4 Å². The van der Waals surface area contributed by atoms with E-state index in [1.165, 1.54) is 34.5 Å². The molecular weight excluding hydrogens is 506 g/mol. The number of fused-ring (bicyclic) bond motifs is 2. The number of nitrogens with one attached hydrogen (secondary N) is 1. The third kappa shape index (κ3) is 5.86. The topological polar surface area (TPSA) is 61.9 Å². The van der Waals surface area contributed by atoms with Gasteiger partial charge in [0.25, 0.3) is 0 Å². The minimum atomic E-state index is -3.41. The summed E-state index contributed by atoms with van der Waals surface area (Å²) >= 11 is 0. The van der Waals surface area contributed by atoms with Gasteiger partial charge in [-0.1, -0.05) is 60.7 Å². The molecule has 2 heterocycles. The van der Waals surface area contributed by atoms with Crippen molar-refractivity contribution >= 4 is 15.7 Å². The lowest BCUT2D eigenvalue weighted by Gasteiger charge is -2.36. The average molecular weight is 548 g/mol. The first-order chi connectivity index (χ1) is 18.8. The highest BCUT2D eigenvalue weighted by Gasteiger charge is 2.47. The molecule has 4 atom stereocenters. The normalized spacial score (nSPS) is 22.8. The van der Waals surface area contributed by atoms with Gasteiger partial charge in [0.15, 0.2) is 0 Å². The number of anilines is 1. The number of methoxy groups -OCH3 is 1. The van der Waals surface area contributed by atoms with Crippen LogP contribution in [0.2, 0.25) is 0 Å². The molecule has 0 aliphatic carbocycles. The molecule has 4 unspecified atom stereocenters. The van der Waals surface area contributed by atoms with Crippen LogP contribution in [0.1, 0.15) is 49.3 Å². The highest BCUT2D eigenvalue weighted by atomic mass is 32.2. The van der Waals surface area contributed by atoms with Crippen molar-refractivity contribution in [2.75, 3.05) is 30.8 Å². The Hall–Kier alpha value is -2.87. The van der Waals surface area contributed by atoms with E-state index in [2.05, 4.69) is 70.9 Å². The van der Waals surface area contributed by atoms with Crippen LogP contribution in [0.15, 0.2) is 78.9 Å². The maximum absolute atomic E-state index is 12.6. The lowest BCUT2D eigenvalue weighted by molar-refractivity contribution is 0.204. The van der Waals surface area contributed by atoms with Crippen LogP contribution in [0.4, 0.5) is 5.69 Å². The van der Waals surface area contributed by atoms with Gasteiger partial charge in [-0.15, -0.1) is 0 Å². The zero-order valence-corrected chi connectivity index (χ0v) is 24.3. The smallest absolute Gasteiger partial charge is 0.232 e. The molecule has 2 saturated heterocycles. The Kier molecular flexibility index (Phi) is 8.31. The third-order valence-electron chi connectivity index (χ3n) is 8.32. The van der Waals surface area contributed by atoms with Gasteiger partial charge in [0, 0.05) is 42.7 Å². The van der Waals surface area contributed by atoms with Crippen LogP contribution in [-0.2, 0) is 16.6 Å². The predicted octanol–water partition coefficient (Wildman–Crippen LogP) is 5.25. The Balaban J connectivity index is 1.49. The molecule has 3 aromatic rings. The quantitative estimate of drug-likeness (QED) is 0.376. The monoisotopic (exact) mass is 547 g/mol. The van der Waals surface area contributed by atoms with E-state index in [1.807, 2.05) is 32.0 Å². The summed E-state index contributed by atoms with van der Waals surface area (Å²) in [6.07, 6.45) is 3.69. The first-order valence-electron chi connectivity index (χ1n) is 14.0. The molecule has 39 heavy (non-hydrogen) atoms. The highest BCUT2D eigenvalue weighted by Crippen LogP contribution is 2.42. The number of nitrogens with zero attached hydrogens (tertiary/aromatic N) is 2. The van der Waals surface area contributed by atoms with Crippen LogP contribution in [0.3, 0.4) is 0 Å². The Bertz CT molecular complexity index is 1310. The summed E-state index contributed by atoms with van der Waals surface area (Å²) in [6, 6.07) is 27.9. The highest BCUT2D eigenvalue weighted by molar-refractivity contribution is 7.92. The zero-order chi connectivity index (χ0) is 27.6. The molecule has 0 aromatic heterocycles. The molecule has 1 N–H and O–H groups in total. The molecular formula is C32H41N3O3S. The maximum Gasteiger partial charge on any atom is 0.232 e. The second-order valence-electron chi connectivity index (χ2n) is 11.2. The summed E-state index contributed by atoms with van der Waals surface area (Å²) in [5.41, 5.74) is 4.32.